The molecule has 2 aromatic heterocycles. The molecule has 1 N–H and O–H groups in total. The van der Waals surface area contributed by atoms with Gasteiger partial charge in [0.25, 0.3) is 0 Å². The molecule has 1 unspecified atom stereocenters. The zero-order valence-electron chi connectivity index (χ0n) is 13.8. The summed E-state index contributed by atoms with van der Waals surface area (Å²) in [6.45, 7) is 0. The average Bonchev–Trinajstić information content (AvgIpc) is 3.11. The van der Waals surface area contributed by atoms with Crippen LogP contribution in [0, 0.1) is 18.2 Å². The van der Waals surface area contributed by atoms with Gasteiger partial charge >= 0.3 is 0 Å². The van der Waals surface area contributed by atoms with Crippen molar-refractivity contribution in [2.24, 2.45) is 0 Å². The lowest BCUT2D eigenvalue weighted by molar-refractivity contribution is 0.238. The molecule has 3 nitrogen and oxygen atoms in total. The van der Waals surface area contributed by atoms with Crippen molar-refractivity contribution in [3.05, 3.63) is 84.3 Å². The number of aliphatic hydroxyl groups is 1. The smallest absolute Gasteiger partial charge is 0.140 e. The number of nitrogens with zero attached hydrogens (tertiary/aromatic N) is 2. The lowest BCUT2D eigenvalue weighted by Crippen LogP contribution is -1.93. The van der Waals surface area contributed by atoms with Crippen molar-refractivity contribution in [1.29, 1.82) is 0 Å². The van der Waals surface area contributed by atoms with E-state index in [1.54, 1.807) is 22.7 Å². The van der Waals surface area contributed by atoms with Gasteiger partial charge in [-0.2, -0.15) is 5.10 Å². The first-order valence-electron chi connectivity index (χ1n) is 8.14. The van der Waals surface area contributed by atoms with Crippen LogP contribution in [0.15, 0.2) is 72.9 Å². The molecule has 0 saturated carbocycles. The summed E-state index contributed by atoms with van der Waals surface area (Å²) in [4.78, 5) is 0. The predicted molar refractivity (Wildman–Crippen MR) is 99.8 cm³/mol. The summed E-state index contributed by atoms with van der Waals surface area (Å²) in [5.74, 6) is 2.06. The Bertz CT molecular complexity index is 1120. The maximum Gasteiger partial charge on any atom is 0.140 e. The number of aromatic nitrogens is 2. The van der Waals surface area contributed by atoms with Gasteiger partial charge in [0.2, 0.25) is 0 Å². The van der Waals surface area contributed by atoms with Crippen LogP contribution in [0.3, 0.4) is 0 Å². The van der Waals surface area contributed by atoms with Gasteiger partial charge < -0.3 is 5.11 Å². The third-order valence-electron chi connectivity index (χ3n) is 4.30. The molecule has 0 aliphatic heterocycles. The standard InChI is InChI=1S/C22H15FN2O/c1-2-22(26)18-5-3-4-16(12-18)17-10-11-25-20(13-17)14-21(24-25)15-6-8-19(23)9-7-15/h1,3-14,22,26H. The van der Waals surface area contributed by atoms with E-state index in [0.29, 0.717) is 5.56 Å². The Balaban J connectivity index is 1.74. The fraction of sp³-hybridized carbons (Fsp3) is 0.0455. The summed E-state index contributed by atoms with van der Waals surface area (Å²) in [5.41, 5.74) is 5.20. The van der Waals surface area contributed by atoms with E-state index < -0.39 is 6.10 Å². The van der Waals surface area contributed by atoms with Crippen LogP contribution in [-0.2, 0) is 0 Å². The molecule has 1 atom stereocenters. The Morgan fingerprint density at radius 2 is 1.73 bits per heavy atom. The van der Waals surface area contributed by atoms with Crippen molar-refractivity contribution < 1.29 is 9.50 Å². The Morgan fingerprint density at radius 1 is 0.962 bits per heavy atom. The van der Waals surface area contributed by atoms with E-state index in [4.69, 9.17) is 6.42 Å². The van der Waals surface area contributed by atoms with Crippen molar-refractivity contribution in [3.8, 4) is 34.7 Å². The summed E-state index contributed by atoms with van der Waals surface area (Å²) in [6, 6.07) is 19.7. The zero-order valence-corrected chi connectivity index (χ0v) is 13.8. The highest BCUT2D eigenvalue weighted by Gasteiger charge is 2.08. The molecular formula is C22H15FN2O. The molecule has 4 aromatic rings. The molecule has 2 aromatic carbocycles. The van der Waals surface area contributed by atoms with E-state index in [1.165, 1.54) is 12.1 Å². The lowest BCUT2D eigenvalue weighted by atomic mass is 10.0. The number of pyridine rings is 1. The minimum absolute atomic E-state index is 0.270. The molecule has 0 saturated heterocycles. The number of terminal acetylenes is 1. The highest BCUT2D eigenvalue weighted by molar-refractivity contribution is 5.73. The van der Waals surface area contributed by atoms with Gasteiger partial charge in [-0.25, -0.2) is 8.91 Å². The van der Waals surface area contributed by atoms with Crippen LogP contribution in [0.2, 0.25) is 0 Å². The molecule has 0 aliphatic rings. The summed E-state index contributed by atoms with van der Waals surface area (Å²) in [7, 11) is 0. The molecule has 4 rings (SSSR count). The monoisotopic (exact) mass is 342 g/mol. The second kappa shape index (κ2) is 6.47. The highest BCUT2D eigenvalue weighted by atomic mass is 19.1. The Morgan fingerprint density at radius 3 is 2.50 bits per heavy atom. The molecule has 4 heteroatoms. The normalized spacial score (nSPS) is 12.0. The maximum absolute atomic E-state index is 13.1. The molecule has 2 heterocycles. The Labute approximate surface area is 150 Å². The molecule has 126 valence electrons. The fourth-order valence-electron chi connectivity index (χ4n) is 2.92. The van der Waals surface area contributed by atoms with E-state index in [9.17, 15) is 9.50 Å². The van der Waals surface area contributed by atoms with Crippen LogP contribution >= 0.6 is 0 Å². The van der Waals surface area contributed by atoms with Crippen molar-refractivity contribution >= 4 is 5.52 Å². The van der Waals surface area contributed by atoms with Crippen LogP contribution in [-0.4, -0.2) is 14.7 Å². The topological polar surface area (TPSA) is 37.5 Å². The second-order valence-electron chi connectivity index (χ2n) is 6.02. The van der Waals surface area contributed by atoms with Crippen molar-refractivity contribution in [2.45, 2.75) is 6.10 Å². The minimum Gasteiger partial charge on any atom is -0.376 e. The van der Waals surface area contributed by atoms with Crippen LogP contribution in [0.4, 0.5) is 4.39 Å². The first kappa shape index (κ1) is 16.1. The molecule has 0 radical (unpaired) electrons. The van der Waals surface area contributed by atoms with E-state index in [0.717, 1.165) is 27.9 Å². The van der Waals surface area contributed by atoms with Gasteiger partial charge in [0.1, 0.15) is 11.9 Å². The van der Waals surface area contributed by atoms with Crippen molar-refractivity contribution in [1.82, 2.24) is 9.61 Å². The summed E-state index contributed by atoms with van der Waals surface area (Å²) < 4.78 is 14.9. The van der Waals surface area contributed by atoms with Crippen LogP contribution in [0.1, 0.15) is 11.7 Å². The number of hydrogen-bond donors (Lipinski definition) is 1. The number of rotatable bonds is 3. The Hall–Kier alpha value is -3.42. The highest BCUT2D eigenvalue weighted by Crippen LogP contribution is 2.26. The minimum atomic E-state index is -0.918. The largest absolute Gasteiger partial charge is 0.376 e. The summed E-state index contributed by atoms with van der Waals surface area (Å²) in [5, 5.41) is 14.4. The van der Waals surface area contributed by atoms with Crippen LogP contribution < -0.4 is 0 Å². The van der Waals surface area contributed by atoms with Gasteiger partial charge in [0.15, 0.2) is 0 Å². The zero-order chi connectivity index (χ0) is 18.1. The van der Waals surface area contributed by atoms with E-state index in [1.807, 2.05) is 42.6 Å². The SMILES string of the molecule is C#CC(O)c1cccc(-c2ccn3nc(-c4ccc(F)cc4)cc3c2)c1. The first-order chi connectivity index (χ1) is 12.6. The Kier molecular flexibility index (Phi) is 4.00. The van der Waals surface area contributed by atoms with Gasteiger partial charge in [-0.1, -0.05) is 24.1 Å². The third-order valence-corrected chi connectivity index (χ3v) is 4.30. The second-order valence-corrected chi connectivity index (χ2v) is 6.02. The van der Waals surface area contributed by atoms with E-state index in [-0.39, 0.29) is 5.82 Å². The summed E-state index contributed by atoms with van der Waals surface area (Å²) >= 11 is 0. The van der Waals surface area contributed by atoms with Gasteiger partial charge in [-0.05, 0) is 65.2 Å². The van der Waals surface area contributed by atoms with Crippen molar-refractivity contribution in [2.75, 3.05) is 0 Å². The van der Waals surface area contributed by atoms with E-state index in [2.05, 4.69) is 11.0 Å². The lowest BCUT2D eigenvalue weighted by Gasteiger charge is -2.07. The third kappa shape index (κ3) is 2.97. The van der Waals surface area contributed by atoms with Gasteiger partial charge in [-0.15, -0.1) is 6.42 Å². The molecular weight excluding hydrogens is 327 g/mol. The van der Waals surface area contributed by atoms with Crippen LogP contribution in [0.25, 0.3) is 27.9 Å². The number of hydrogen-bond acceptors (Lipinski definition) is 2. The predicted octanol–water partition coefficient (Wildman–Crippen LogP) is 4.47. The van der Waals surface area contributed by atoms with Crippen molar-refractivity contribution in [3.63, 3.8) is 0 Å². The van der Waals surface area contributed by atoms with Gasteiger partial charge in [0, 0.05) is 11.8 Å². The molecule has 0 bridgehead atoms. The fourth-order valence-corrected chi connectivity index (χ4v) is 2.92. The quantitative estimate of drug-likeness (QED) is 0.558. The molecule has 0 aliphatic carbocycles. The number of halogens is 1. The number of aliphatic hydroxyl groups excluding tert-OH is 1. The number of benzene rings is 2. The molecule has 0 amide bonds. The van der Waals surface area contributed by atoms with Gasteiger partial charge in [0.05, 0.1) is 11.2 Å². The molecule has 26 heavy (non-hydrogen) atoms. The molecule has 0 spiro atoms. The maximum atomic E-state index is 13.1. The van der Waals surface area contributed by atoms with Crippen LogP contribution in [0.5, 0.6) is 0 Å². The first-order valence-corrected chi connectivity index (χ1v) is 8.14. The molecule has 0 fully saturated rings. The van der Waals surface area contributed by atoms with Gasteiger partial charge in [-0.3, -0.25) is 0 Å². The summed E-state index contributed by atoms with van der Waals surface area (Å²) in [6.07, 6.45) is 6.26. The van der Waals surface area contributed by atoms with E-state index >= 15 is 0 Å². The average molecular weight is 342 g/mol. The number of fused-ring (bicyclic) bond motifs is 1.